The van der Waals surface area contributed by atoms with Crippen LogP contribution in [0.1, 0.15) is 32.9 Å². The highest BCUT2D eigenvalue weighted by Gasteiger charge is 2.14. The number of anilines is 1. The second kappa shape index (κ2) is 8.52. The first kappa shape index (κ1) is 16.4. The average Bonchev–Trinajstić information content (AvgIpc) is 2.83. The van der Waals surface area contributed by atoms with E-state index in [0.29, 0.717) is 24.0 Å². The quantitative estimate of drug-likeness (QED) is 0.712. The normalized spacial score (nSPS) is 11.8. The molecule has 6 nitrogen and oxygen atoms in total. The van der Waals surface area contributed by atoms with Crippen molar-refractivity contribution in [2.24, 2.45) is 0 Å². The lowest BCUT2D eigenvalue weighted by Crippen LogP contribution is -2.37. The van der Waals surface area contributed by atoms with Crippen LogP contribution in [-0.4, -0.2) is 36.1 Å². The fourth-order valence-electron chi connectivity index (χ4n) is 1.47. The molecule has 0 bridgehead atoms. The molecular weight excluding hydrogens is 278 g/mol. The molecule has 0 spiro atoms. The molecule has 1 heterocycles. The summed E-state index contributed by atoms with van der Waals surface area (Å²) in [5, 5.41) is 8.24. The summed E-state index contributed by atoms with van der Waals surface area (Å²) in [5.41, 5.74) is 0.650. The summed E-state index contributed by atoms with van der Waals surface area (Å²) in [5.74, 6) is -0.355. The minimum atomic E-state index is -0.358. The number of hydrogen-bond acceptors (Lipinski definition) is 6. The Morgan fingerprint density at radius 1 is 1.45 bits per heavy atom. The van der Waals surface area contributed by atoms with Gasteiger partial charge in [0, 0.05) is 11.9 Å². The van der Waals surface area contributed by atoms with E-state index in [2.05, 4.69) is 15.6 Å². The Labute approximate surface area is 122 Å². The molecule has 112 valence electrons. The topological polar surface area (TPSA) is 80.3 Å². The predicted molar refractivity (Wildman–Crippen MR) is 78.8 cm³/mol. The van der Waals surface area contributed by atoms with Crippen molar-refractivity contribution < 1.29 is 14.3 Å². The molecule has 0 radical (unpaired) electrons. The van der Waals surface area contributed by atoms with Crippen LogP contribution in [0, 0.1) is 0 Å². The second-order valence-electron chi connectivity index (χ2n) is 4.28. The lowest BCUT2D eigenvalue weighted by atomic mass is 10.3. The second-order valence-corrected chi connectivity index (χ2v) is 5.14. The van der Waals surface area contributed by atoms with Crippen molar-refractivity contribution in [3.63, 3.8) is 0 Å². The third-order valence-corrected chi connectivity index (χ3v) is 3.29. The van der Waals surface area contributed by atoms with E-state index in [1.807, 2.05) is 6.92 Å². The standard InChI is InChI=1S/C13H21N3O3S/c1-4-6-14-12(18)9(3)15-13-16-10(8-20-13)7-11(17)19-5-2/h8-9H,4-7H2,1-3H3,(H,14,18)(H,15,16). The minimum Gasteiger partial charge on any atom is -0.466 e. The van der Waals surface area contributed by atoms with Gasteiger partial charge in [0.25, 0.3) is 0 Å². The third-order valence-electron chi connectivity index (χ3n) is 2.47. The highest BCUT2D eigenvalue weighted by molar-refractivity contribution is 7.13. The summed E-state index contributed by atoms with van der Waals surface area (Å²) >= 11 is 1.37. The van der Waals surface area contributed by atoms with Gasteiger partial charge in [-0.25, -0.2) is 4.98 Å². The van der Waals surface area contributed by atoms with Crippen molar-refractivity contribution in [1.82, 2.24) is 10.3 Å². The van der Waals surface area contributed by atoms with Gasteiger partial charge in [-0.2, -0.15) is 0 Å². The Morgan fingerprint density at radius 3 is 2.85 bits per heavy atom. The molecule has 2 N–H and O–H groups in total. The van der Waals surface area contributed by atoms with E-state index in [1.54, 1.807) is 19.2 Å². The number of esters is 1. The molecule has 1 unspecified atom stereocenters. The summed E-state index contributed by atoms with van der Waals surface area (Å²) in [4.78, 5) is 27.3. The smallest absolute Gasteiger partial charge is 0.311 e. The molecular formula is C13H21N3O3S. The van der Waals surface area contributed by atoms with Crippen LogP contribution < -0.4 is 10.6 Å². The number of carbonyl (C=O) groups excluding carboxylic acids is 2. The average molecular weight is 299 g/mol. The number of nitrogens with zero attached hydrogens (tertiary/aromatic N) is 1. The molecule has 1 rings (SSSR count). The van der Waals surface area contributed by atoms with Crippen molar-refractivity contribution in [2.75, 3.05) is 18.5 Å². The largest absolute Gasteiger partial charge is 0.466 e. The van der Waals surface area contributed by atoms with Gasteiger partial charge in [-0.05, 0) is 20.3 Å². The van der Waals surface area contributed by atoms with Gasteiger partial charge in [0.2, 0.25) is 5.91 Å². The van der Waals surface area contributed by atoms with Crippen LogP contribution in [0.3, 0.4) is 0 Å². The van der Waals surface area contributed by atoms with Crippen LogP contribution in [0.4, 0.5) is 5.13 Å². The fourth-order valence-corrected chi connectivity index (χ4v) is 2.26. The molecule has 0 aliphatic rings. The van der Waals surface area contributed by atoms with Gasteiger partial charge in [-0.15, -0.1) is 11.3 Å². The summed E-state index contributed by atoms with van der Waals surface area (Å²) in [6, 6.07) is -0.358. The molecule has 1 aromatic rings. The van der Waals surface area contributed by atoms with E-state index in [9.17, 15) is 9.59 Å². The van der Waals surface area contributed by atoms with E-state index in [-0.39, 0.29) is 24.3 Å². The lowest BCUT2D eigenvalue weighted by Gasteiger charge is -2.12. The van der Waals surface area contributed by atoms with Crippen LogP contribution in [0.15, 0.2) is 5.38 Å². The van der Waals surface area contributed by atoms with Gasteiger partial charge >= 0.3 is 5.97 Å². The molecule has 20 heavy (non-hydrogen) atoms. The van der Waals surface area contributed by atoms with Crippen LogP contribution in [0.5, 0.6) is 0 Å². The molecule has 7 heteroatoms. The first-order chi connectivity index (χ1) is 9.56. The van der Waals surface area contributed by atoms with Gasteiger partial charge in [0.05, 0.1) is 18.7 Å². The Morgan fingerprint density at radius 2 is 2.20 bits per heavy atom. The number of aromatic nitrogens is 1. The molecule has 0 saturated carbocycles. The van der Waals surface area contributed by atoms with Crippen molar-refractivity contribution in [3.05, 3.63) is 11.1 Å². The van der Waals surface area contributed by atoms with Crippen LogP contribution in [-0.2, 0) is 20.7 Å². The molecule has 0 fully saturated rings. The molecule has 0 aliphatic heterocycles. The maximum Gasteiger partial charge on any atom is 0.311 e. The molecule has 1 aromatic heterocycles. The van der Waals surface area contributed by atoms with Gasteiger partial charge in [0.15, 0.2) is 5.13 Å². The number of thiazole rings is 1. The summed E-state index contributed by atoms with van der Waals surface area (Å²) in [6.45, 7) is 6.57. The number of nitrogens with one attached hydrogen (secondary N) is 2. The number of ether oxygens (including phenoxy) is 1. The first-order valence-corrected chi connectivity index (χ1v) is 7.59. The first-order valence-electron chi connectivity index (χ1n) is 6.71. The lowest BCUT2D eigenvalue weighted by molar-refractivity contribution is -0.142. The Balaban J connectivity index is 2.47. The number of hydrogen-bond donors (Lipinski definition) is 2. The van der Waals surface area contributed by atoms with E-state index in [4.69, 9.17) is 4.74 Å². The van der Waals surface area contributed by atoms with Crippen LogP contribution >= 0.6 is 11.3 Å². The van der Waals surface area contributed by atoms with Crippen molar-refractivity contribution >= 4 is 28.3 Å². The highest BCUT2D eigenvalue weighted by Crippen LogP contribution is 2.17. The van der Waals surface area contributed by atoms with Crippen molar-refractivity contribution in [2.45, 2.75) is 39.7 Å². The predicted octanol–water partition coefficient (Wildman–Crippen LogP) is 1.58. The monoisotopic (exact) mass is 299 g/mol. The minimum absolute atomic E-state index is 0.0611. The van der Waals surface area contributed by atoms with Gasteiger partial charge < -0.3 is 15.4 Å². The van der Waals surface area contributed by atoms with Gasteiger partial charge in [0.1, 0.15) is 6.04 Å². The SMILES string of the molecule is CCCNC(=O)C(C)Nc1nc(CC(=O)OCC)cs1. The Hall–Kier alpha value is -1.63. The zero-order chi connectivity index (χ0) is 15.0. The van der Waals surface area contributed by atoms with E-state index < -0.39 is 0 Å². The van der Waals surface area contributed by atoms with Gasteiger partial charge in [-0.3, -0.25) is 9.59 Å². The van der Waals surface area contributed by atoms with E-state index in [1.165, 1.54) is 11.3 Å². The number of carbonyl (C=O) groups is 2. The number of amides is 1. The Kier molecular flexibility index (Phi) is 7.00. The van der Waals surface area contributed by atoms with Gasteiger partial charge in [-0.1, -0.05) is 6.92 Å². The molecule has 0 aliphatic carbocycles. The number of rotatable bonds is 8. The molecule has 0 aromatic carbocycles. The van der Waals surface area contributed by atoms with E-state index >= 15 is 0 Å². The molecule has 1 atom stereocenters. The highest BCUT2D eigenvalue weighted by atomic mass is 32.1. The van der Waals surface area contributed by atoms with Crippen LogP contribution in [0.2, 0.25) is 0 Å². The summed E-state index contributed by atoms with van der Waals surface area (Å²) in [6.07, 6.45) is 1.06. The Bertz CT molecular complexity index is 448. The maximum atomic E-state index is 11.7. The molecule has 1 amide bonds. The third kappa shape index (κ3) is 5.56. The summed E-state index contributed by atoms with van der Waals surface area (Å²) < 4.78 is 4.86. The van der Waals surface area contributed by atoms with Crippen molar-refractivity contribution in [1.29, 1.82) is 0 Å². The van der Waals surface area contributed by atoms with E-state index in [0.717, 1.165) is 6.42 Å². The molecule has 0 saturated heterocycles. The summed E-state index contributed by atoms with van der Waals surface area (Å²) in [7, 11) is 0. The fraction of sp³-hybridized carbons (Fsp3) is 0.615. The van der Waals surface area contributed by atoms with Crippen molar-refractivity contribution in [3.8, 4) is 0 Å². The zero-order valence-electron chi connectivity index (χ0n) is 12.1. The maximum absolute atomic E-state index is 11.7. The van der Waals surface area contributed by atoms with Crippen LogP contribution in [0.25, 0.3) is 0 Å². The zero-order valence-corrected chi connectivity index (χ0v) is 12.9.